The predicted molar refractivity (Wildman–Crippen MR) is 64.2 cm³/mol. The summed E-state index contributed by atoms with van der Waals surface area (Å²) in [6, 6.07) is 5.39. The molecule has 3 nitrogen and oxygen atoms in total. The highest BCUT2D eigenvalue weighted by Crippen LogP contribution is 2.27. The lowest BCUT2D eigenvalue weighted by Crippen LogP contribution is -2.12. The van der Waals surface area contributed by atoms with Gasteiger partial charge in [0, 0.05) is 6.07 Å². The van der Waals surface area contributed by atoms with Gasteiger partial charge in [0.15, 0.2) is 11.6 Å². The standard InChI is InChI=1S/C14H8F4O3/c1-20-8-4-2-7(3-5-8)14(19)21-13-11(17)9(15)6-10(16)12(13)18/h2-6H,1H3. The van der Waals surface area contributed by atoms with Gasteiger partial charge < -0.3 is 9.47 Å². The first kappa shape index (κ1) is 14.8. The largest absolute Gasteiger partial charge is 0.497 e. The molecule has 21 heavy (non-hydrogen) atoms. The van der Waals surface area contributed by atoms with E-state index in [1.165, 1.54) is 31.4 Å². The molecule has 0 aromatic heterocycles. The second-order valence-electron chi connectivity index (χ2n) is 3.92. The molecule has 0 unspecified atom stereocenters. The Hall–Kier alpha value is -2.57. The fourth-order valence-corrected chi connectivity index (χ4v) is 1.52. The van der Waals surface area contributed by atoms with Crippen LogP contribution in [-0.2, 0) is 0 Å². The minimum atomic E-state index is -1.78. The van der Waals surface area contributed by atoms with Gasteiger partial charge in [-0.3, -0.25) is 0 Å². The highest BCUT2D eigenvalue weighted by molar-refractivity contribution is 5.91. The Kier molecular flexibility index (Phi) is 4.11. The summed E-state index contributed by atoms with van der Waals surface area (Å²) in [7, 11) is 1.41. The topological polar surface area (TPSA) is 35.5 Å². The Morgan fingerprint density at radius 3 is 1.95 bits per heavy atom. The number of rotatable bonds is 3. The monoisotopic (exact) mass is 300 g/mol. The molecule has 0 bridgehead atoms. The molecule has 2 aromatic carbocycles. The lowest BCUT2D eigenvalue weighted by Gasteiger charge is -2.08. The molecule has 0 aliphatic carbocycles. The first-order chi connectivity index (χ1) is 9.93. The Bertz CT molecular complexity index is 657. The number of hydrogen-bond donors (Lipinski definition) is 0. The summed E-state index contributed by atoms with van der Waals surface area (Å²) in [4.78, 5) is 11.7. The summed E-state index contributed by atoms with van der Waals surface area (Å²) in [5.74, 6) is -9.03. The van der Waals surface area contributed by atoms with Crippen molar-refractivity contribution >= 4 is 5.97 Å². The Labute approximate surface area is 116 Å². The van der Waals surface area contributed by atoms with Crippen LogP contribution in [0.4, 0.5) is 17.6 Å². The molecular weight excluding hydrogens is 292 g/mol. The van der Waals surface area contributed by atoms with E-state index < -0.39 is 35.0 Å². The minimum Gasteiger partial charge on any atom is -0.497 e. The molecule has 0 radical (unpaired) electrons. The molecule has 110 valence electrons. The zero-order chi connectivity index (χ0) is 15.6. The maximum Gasteiger partial charge on any atom is 0.343 e. The molecule has 0 N–H and O–H groups in total. The SMILES string of the molecule is COc1ccc(C(=O)Oc2c(F)c(F)cc(F)c2F)cc1. The molecule has 0 atom stereocenters. The van der Waals surface area contributed by atoms with Gasteiger partial charge in [0.1, 0.15) is 5.75 Å². The van der Waals surface area contributed by atoms with Gasteiger partial charge >= 0.3 is 5.97 Å². The van der Waals surface area contributed by atoms with Crippen LogP contribution in [-0.4, -0.2) is 13.1 Å². The van der Waals surface area contributed by atoms with E-state index in [2.05, 4.69) is 4.74 Å². The van der Waals surface area contributed by atoms with Gasteiger partial charge in [-0.1, -0.05) is 0 Å². The van der Waals surface area contributed by atoms with Crippen molar-refractivity contribution in [2.24, 2.45) is 0 Å². The normalized spacial score (nSPS) is 10.3. The third-order valence-corrected chi connectivity index (χ3v) is 2.59. The van der Waals surface area contributed by atoms with E-state index in [0.29, 0.717) is 5.75 Å². The zero-order valence-electron chi connectivity index (χ0n) is 10.6. The van der Waals surface area contributed by atoms with Crippen molar-refractivity contribution in [3.8, 4) is 11.5 Å². The molecule has 0 saturated heterocycles. The van der Waals surface area contributed by atoms with E-state index in [0.717, 1.165) is 0 Å². The van der Waals surface area contributed by atoms with Crippen molar-refractivity contribution in [3.05, 3.63) is 59.2 Å². The average molecular weight is 300 g/mol. The van der Waals surface area contributed by atoms with Crippen LogP contribution in [0.25, 0.3) is 0 Å². The molecule has 0 aliphatic heterocycles. The summed E-state index contributed by atoms with van der Waals surface area (Å²) in [5, 5.41) is 0. The number of hydrogen-bond acceptors (Lipinski definition) is 3. The number of esters is 1. The van der Waals surface area contributed by atoms with Gasteiger partial charge in [0.05, 0.1) is 12.7 Å². The molecule has 2 aromatic rings. The fourth-order valence-electron chi connectivity index (χ4n) is 1.52. The van der Waals surface area contributed by atoms with E-state index in [-0.39, 0.29) is 11.6 Å². The molecule has 0 fully saturated rings. The summed E-state index contributed by atoms with van der Waals surface area (Å²) in [6.45, 7) is 0. The van der Waals surface area contributed by atoms with Crippen LogP contribution < -0.4 is 9.47 Å². The summed E-state index contributed by atoms with van der Waals surface area (Å²) in [6.07, 6.45) is 0. The maximum atomic E-state index is 13.4. The van der Waals surface area contributed by atoms with E-state index in [4.69, 9.17) is 4.74 Å². The first-order valence-electron chi connectivity index (χ1n) is 5.63. The van der Waals surface area contributed by atoms with Gasteiger partial charge in [-0.05, 0) is 24.3 Å². The summed E-state index contributed by atoms with van der Waals surface area (Å²) < 4.78 is 61.9. The molecule has 7 heteroatoms. The predicted octanol–water partition coefficient (Wildman–Crippen LogP) is 3.47. The molecule has 0 aliphatic rings. The van der Waals surface area contributed by atoms with E-state index >= 15 is 0 Å². The Morgan fingerprint density at radius 1 is 0.952 bits per heavy atom. The molecule has 0 saturated carbocycles. The van der Waals surface area contributed by atoms with Crippen LogP contribution in [0.3, 0.4) is 0 Å². The van der Waals surface area contributed by atoms with Crippen molar-refractivity contribution in [1.82, 2.24) is 0 Å². The van der Waals surface area contributed by atoms with Gasteiger partial charge in [-0.25, -0.2) is 13.6 Å². The van der Waals surface area contributed by atoms with Gasteiger partial charge in [-0.2, -0.15) is 8.78 Å². The summed E-state index contributed by atoms with van der Waals surface area (Å²) >= 11 is 0. The molecule has 0 spiro atoms. The number of carbonyl (C=O) groups excluding carboxylic acids is 1. The third-order valence-electron chi connectivity index (χ3n) is 2.59. The van der Waals surface area contributed by atoms with Crippen molar-refractivity contribution in [3.63, 3.8) is 0 Å². The lowest BCUT2D eigenvalue weighted by molar-refractivity contribution is 0.0717. The first-order valence-corrected chi connectivity index (χ1v) is 5.63. The number of carbonyl (C=O) groups is 1. The van der Waals surface area contributed by atoms with Crippen molar-refractivity contribution < 1.29 is 31.8 Å². The Balaban J connectivity index is 2.31. The van der Waals surface area contributed by atoms with E-state index in [9.17, 15) is 22.4 Å². The van der Waals surface area contributed by atoms with Crippen LogP contribution in [0.1, 0.15) is 10.4 Å². The number of methoxy groups -OCH3 is 1. The zero-order valence-corrected chi connectivity index (χ0v) is 10.6. The van der Waals surface area contributed by atoms with E-state index in [1.54, 1.807) is 0 Å². The average Bonchev–Trinajstić information content (AvgIpc) is 2.49. The van der Waals surface area contributed by atoms with E-state index in [1.807, 2.05) is 0 Å². The van der Waals surface area contributed by atoms with Gasteiger partial charge in [0.2, 0.25) is 17.4 Å². The number of ether oxygens (including phenoxy) is 2. The molecule has 2 rings (SSSR count). The number of benzene rings is 2. The van der Waals surface area contributed by atoms with Crippen molar-refractivity contribution in [2.45, 2.75) is 0 Å². The maximum absolute atomic E-state index is 13.4. The summed E-state index contributed by atoms with van der Waals surface area (Å²) in [5.41, 5.74) is -0.0701. The van der Waals surface area contributed by atoms with Crippen molar-refractivity contribution in [1.29, 1.82) is 0 Å². The quantitative estimate of drug-likeness (QED) is 0.377. The van der Waals surface area contributed by atoms with Gasteiger partial charge in [0.25, 0.3) is 0 Å². The Morgan fingerprint density at radius 2 is 1.48 bits per heavy atom. The van der Waals surface area contributed by atoms with Crippen molar-refractivity contribution in [2.75, 3.05) is 7.11 Å². The van der Waals surface area contributed by atoms with Crippen LogP contribution in [0.15, 0.2) is 30.3 Å². The fraction of sp³-hybridized carbons (Fsp3) is 0.0714. The minimum absolute atomic E-state index is 0.0232. The second kappa shape index (κ2) is 5.82. The second-order valence-corrected chi connectivity index (χ2v) is 3.92. The van der Waals surface area contributed by atoms with Crippen LogP contribution in [0.2, 0.25) is 0 Å². The highest BCUT2D eigenvalue weighted by atomic mass is 19.2. The smallest absolute Gasteiger partial charge is 0.343 e. The number of halogens is 4. The third kappa shape index (κ3) is 2.96. The molecule has 0 heterocycles. The van der Waals surface area contributed by atoms with Crippen LogP contribution in [0.5, 0.6) is 11.5 Å². The van der Waals surface area contributed by atoms with Crippen LogP contribution in [0, 0.1) is 23.3 Å². The van der Waals surface area contributed by atoms with Gasteiger partial charge in [-0.15, -0.1) is 0 Å². The van der Waals surface area contributed by atoms with Crippen LogP contribution >= 0.6 is 0 Å². The molecular formula is C14H8F4O3. The highest BCUT2D eigenvalue weighted by Gasteiger charge is 2.23. The molecule has 0 amide bonds. The lowest BCUT2D eigenvalue weighted by atomic mass is 10.2.